The summed E-state index contributed by atoms with van der Waals surface area (Å²) in [7, 11) is -3.72. The van der Waals surface area contributed by atoms with Crippen LogP contribution >= 0.6 is 0 Å². The number of hydrogen-bond donors (Lipinski definition) is 0. The Labute approximate surface area is 436 Å². The Morgan fingerprint density at radius 3 is 1.79 bits per heavy atom. The van der Waals surface area contributed by atoms with Crippen LogP contribution in [-0.2, 0) is 66.4 Å². The molecule has 2 fully saturated rings. The number of ether oxygens (including phenoxy) is 1. The van der Waals surface area contributed by atoms with E-state index >= 15 is 0 Å². The van der Waals surface area contributed by atoms with E-state index in [4.69, 9.17) is 32.2 Å². The van der Waals surface area contributed by atoms with Gasteiger partial charge in [0.05, 0.1) is 0 Å². The van der Waals surface area contributed by atoms with Crippen molar-refractivity contribution in [1.82, 2.24) is 9.55 Å². The second-order valence-corrected chi connectivity index (χ2v) is 22.2. The molecule has 3 aliphatic rings. The fraction of sp³-hybridized carbons (Fsp3) is 0.321. The third kappa shape index (κ3) is 10.5. The molecule has 5 aromatic carbocycles. The Morgan fingerprint density at radius 1 is 0.577 bits per heavy atom. The summed E-state index contributed by atoms with van der Waals surface area (Å²) in [6.07, 6.45) is 1.82. The van der Waals surface area contributed by atoms with Crippen molar-refractivity contribution in [2.24, 2.45) is 0 Å². The molecule has 3 aliphatic heterocycles. The summed E-state index contributed by atoms with van der Waals surface area (Å²) < 4.78 is 48.9. The molecule has 71 heavy (non-hydrogen) atoms. The van der Waals surface area contributed by atoms with Gasteiger partial charge in [-0.3, -0.25) is 0 Å². The fourth-order valence-corrected chi connectivity index (χ4v) is 9.18. The molecule has 0 saturated carbocycles. The van der Waals surface area contributed by atoms with Gasteiger partial charge in [0.1, 0.15) is 5.82 Å². The minimum atomic E-state index is -0.797. The average molecular weight is 1120 g/mol. The molecule has 0 atom stereocenters. The fourth-order valence-electron chi connectivity index (χ4n) is 9.18. The summed E-state index contributed by atoms with van der Waals surface area (Å²) in [5.74, 6) is 0.916. The van der Waals surface area contributed by atoms with E-state index in [9.17, 15) is 0 Å². The maximum Gasteiger partial charge on any atom is 0.468 e. The van der Waals surface area contributed by atoms with Gasteiger partial charge in [0.15, 0.2) is 0 Å². The van der Waals surface area contributed by atoms with E-state index in [0.717, 1.165) is 72.4 Å². The van der Waals surface area contributed by atoms with E-state index in [1.54, 1.807) is 0 Å². The second-order valence-electron chi connectivity index (χ2n) is 22.2. The van der Waals surface area contributed by atoms with Crippen LogP contribution in [0.2, 0.25) is 21.8 Å². The summed E-state index contributed by atoms with van der Waals surface area (Å²) in [5.41, 5.74) is 9.13. The molecule has 2 saturated heterocycles. The summed E-state index contributed by atoms with van der Waals surface area (Å²) in [6.45, 7) is 26.2. The number of fused-ring (bicyclic) bond motifs is 4. The van der Waals surface area contributed by atoms with Gasteiger partial charge >= 0.3 is 42.7 Å². The van der Waals surface area contributed by atoms with Gasteiger partial charge in [-0.25, -0.2) is 4.98 Å². The van der Waals surface area contributed by atoms with Crippen LogP contribution in [0.15, 0.2) is 121 Å². The van der Waals surface area contributed by atoms with Crippen LogP contribution in [0.3, 0.4) is 0 Å². The Kier molecular flexibility index (Phi) is 14.8. The summed E-state index contributed by atoms with van der Waals surface area (Å²) in [6, 6.07) is 46.7. The van der Waals surface area contributed by atoms with Crippen LogP contribution in [0.25, 0.3) is 27.6 Å². The SMILES string of the molecule is CC(C)B1OB(c2cccc(B3OB(C(C)(C)C)OB(C(C)(C)C)O3)c2N2[CH-]N(c3[c-]c(COCc4[c-]c5c(cc4)c4ccccc4n5-c4ccccn4)ccc3)c3ccccc32)OB(C(C)(C)C)O1.[Pt]. The van der Waals surface area contributed by atoms with Crippen molar-refractivity contribution in [3.63, 3.8) is 0 Å². The van der Waals surface area contributed by atoms with Crippen LogP contribution < -0.4 is 20.7 Å². The Balaban J connectivity index is 0.00000624. The van der Waals surface area contributed by atoms with E-state index in [2.05, 4.69) is 205 Å². The maximum absolute atomic E-state index is 6.85. The predicted molar refractivity (Wildman–Crippen MR) is 287 cm³/mol. The van der Waals surface area contributed by atoms with E-state index in [1.807, 2.05) is 30.5 Å². The first-order valence-corrected chi connectivity index (χ1v) is 24.4. The van der Waals surface area contributed by atoms with Gasteiger partial charge < -0.3 is 46.5 Å². The molecular formula is C53H59B6N4O7Pt-3. The second kappa shape index (κ2) is 20.4. The minimum Gasteiger partial charge on any atom is -0.493 e. The van der Waals surface area contributed by atoms with Crippen molar-refractivity contribution >= 4 is 98.2 Å². The molecule has 2 aromatic heterocycles. The smallest absolute Gasteiger partial charge is 0.468 e. The molecule has 5 heterocycles. The summed E-state index contributed by atoms with van der Waals surface area (Å²) in [5, 5.41) is 1.25. The normalized spacial score (nSPS) is 15.9. The van der Waals surface area contributed by atoms with Gasteiger partial charge in [-0.15, -0.1) is 28.9 Å². The van der Waals surface area contributed by atoms with E-state index in [1.165, 1.54) is 0 Å². The number of anilines is 4. The zero-order valence-corrected chi connectivity index (χ0v) is 44.8. The molecule has 0 aliphatic carbocycles. The molecule has 11 nitrogen and oxygen atoms in total. The summed E-state index contributed by atoms with van der Waals surface area (Å²) >= 11 is 0. The van der Waals surface area contributed by atoms with Crippen LogP contribution in [0.4, 0.5) is 22.7 Å². The molecule has 7 aromatic rings. The molecule has 18 heteroatoms. The molecule has 0 amide bonds. The standard InChI is InChI=1S/C53H59B6N4O7.Pt/c1-37(2)54-65-55(67-57(66-54)51(3,4)5)43-23-19-24-44(56-68-58(52(6,7)8)70-59(69-56)53(9,10)11)50(43)62-36-61(46-26-14-15-27-47(46)62)40-21-18-20-38(32-40)34-64-35-39-29-30-42-41-22-12-13-25-45(41)63(48(42)33-39)49-28-16-17-31-60-49;/h12-31,36-37H,34-35H2,1-11H3;/q-3;. The van der Waals surface area contributed by atoms with Gasteiger partial charge in [0.25, 0.3) is 0 Å². The van der Waals surface area contributed by atoms with Crippen molar-refractivity contribution in [3.05, 3.63) is 151 Å². The minimum absolute atomic E-state index is 0. The Hall–Kier alpha value is -4.55. The number of para-hydroxylation sites is 4. The first-order valence-electron chi connectivity index (χ1n) is 24.4. The first-order chi connectivity index (χ1) is 33.4. The number of aromatic nitrogens is 2. The Bertz CT molecular complexity index is 2980. The molecule has 0 unspecified atom stereocenters. The van der Waals surface area contributed by atoms with Crippen molar-refractivity contribution in [1.29, 1.82) is 0 Å². The van der Waals surface area contributed by atoms with Crippen LogP contribution in [0.1, 0.15) is 87.3 Å². The van der Waals surface area contributed by atoms with Crippen LogP contribution in [-0.4, -0.2) is 52.3 Å². The van der Waals surface area contributed by atoms with Crippen molar-refractivity contribution < 1.29 is 53.2 Å². The van der Waals surface area contributed by atoms with E-state index in [-0.39, 0.29) is 42.8 Å². The zero-order chi connectivity index (χ0) is 49.1. The number of benzene rings is 5. The monoisotopic (exact) mass is 1120 g/mol. The average Bonchev–Trinajstić information content (AvgIpc) is 3.89. The number of hydrogen-bond acceptors (Lipinski definition) is 10. The third-order valence-corrected chi connectivity index (χ3v) is 12.8. The van der Waals surface area contributed by atoms with Crippen LogP contribution in [0, 0.1) is 18.8 Å². The molecule has 0 bridgehead atoms. The Morgan fingerprint density at radius 2 is 1.15 bits per heavy atom. The summed E-state index contributed by atoms with van der Waals surface area (Å²) in [4.78, 5) is 9.05. The van der Waals surface area contributed by atoms with Gasteiger partial charge in [-0.1, -0.05) is 136 Å². The van der Waals surface area contributed by atoms with Gasteiger partial charge in [-0.05, 0) is 57.5 Å². The topological polar surface area (TPSA) is 88.9 Å². The van der Waals surface area contributed by atoms with Gasteiger partial charge in [0, 0.05) is 74.0 Å². The molecule has 364 valence electrons. The number of rotatable bonds is 10. The molecule has 10 rings (SSSR count). The van der Waals surface area contributed by atoms with Crippen LogP contribution in [0.5, 0.6) is 0 Å². The quantitative estimate of drug-likeness (QED) is 0.0974. The van der Waals surface area contributed by atoms with Crippen molar-refractivity contribution in [2.45, 2.75) is 111 Å². The van der Waals surface area contributed by atoms with Crippen molar-refractivity contribution in [2.75, 3.05) is 9.80 Å². The largest absolute Gasteiger partial charge is 0.493 e. The maximum atomic E-state index is 6.85. The first kappa shape index (κ1) is 51.4. The van der Waals surface area contributed by atoms with Gasteiger partial charge in [0.2, 0.25) is 0 Å². The van der Waals surface area contributed by atoms with E-state index < -0.39 is 42.7 Å². The number of nitrogens with zero attached hydrogens (tertiary/aromatic N) is 4. The molecule has 0 spiro atoms. The van der Waals surface area contributed by atoms with Gasteiger partial charge in [-0.2, -0.15) is 42.5 Å². The molecular weight excluding hydrogens is 1060 g/mol. The zero-order valence-electron chi connectivity index (χ0n) is 42.5. The number of pyridine rings is 1. The van der Waals surface area contributed by atoms with E-state index in [0.29, 0.717) is 13.2 Å². The predicted octanol–water partition coefficient (Wildman–Crippen LogP) is 11.2. The molecule has 0 N–H and O–H groups in total. The third-order valence-electron chi connectivity index (χ3n) is 12.8. The molecule has 0 radical (unpaired) electrons. The van der Waals surface area contributed by atoms with Crippen molar-refractivity contribution in [3.8, 4) is 5.82 Å².